The lowest BCUT2D eigenvalue weighted by molar-refractivity contribution is -0.133. The molecule has 19 heavy (non-hydrogen) atoms. The van der Waals surface area contributed by atoms with Crippen LogP contribution < -0.4 is 5.32 Å². The highest BCUT2D eigenvalue weighted by Crippen LogP contribution is 2.24. The van der Waals surface area contributed by atoms with Crippen LogP contribution in [0.2, 0.25) is 0 Å². The first-order chi connectivity index (χ1) is 8.98. The zero-order valence-electron chi connectivity index (χ0n) is 12.9. The number of nitrogens with one attached hydrogen (secondary N) is 1. The molecule has 2 saturated heterocycles. The molecule has 2 heterocycles. The molecule has 3 unspecified atom stereocenters. The van der Waals surface area contributed by atoms with Gasteiger partial charge in [-0.2, -0.15) is 0 Å². The minimum absolute atomic E-state index is 0.157. The van der Waals surface area contributed by atoms with Crippen LogP contribution in [0.15, 0.2) is 0 Å². The summed E-state index contributed by atoms with van der Waals surface area (Å²) in [5.41, 5.74) is -0.360. The molecule has 1 N–H and O–H groups in total. The van der Waals surface area contributed by atoms with Gasteiger partial charge in [0.2, 0.25) is 5.91 Å². The van der Waals surface area contributed by atoms with E-state index in [1.54, 1.807) is 0 Å². The van der Waals surface area contributed by atoms with Crippen LogP contribution in [-0.4, -0.2) is 53.1 Å². The highest BCUT2D eigenvalue weighted by atomic mass is 16.2. The molecule has 0 radical (unpaired) electrons. The van der Waals surface area contributed by atoms with Crippen LogP contribution >= 0.6 is 0 Å². The largest absolute Gasteiger partial charge is 0.324 e. The summed E-state index contributed by atoms with van der Waals surface area (Å²) in [6.45, 7) is 11.7. The molecule has 0 aromatic heterocycles. The Morgan fingerprint density at radius 3 is 2.53 bits per heavy atom. The second-order valence-electron chi connectivity index (χ2n) is 6.41. The number of hydrogen-bond donors (Lipinski definition) is 1. The first-order valence-corrected chi connectivity index (χ1v) is 7.81. The molecule has 2 aliphatic rings. The lowest BCUT2D eigenvalue weighted by Gasteiger charge is -2.35. The molecule has 3 atom stereocenters. The Bertz CT molecular complexity index is 327. The van der Waals surface area contributed by atoms with Gasteiger partial charge >= 0.3 is 0 Å². The molecular weight excluding hydrogens is 238 g/mol. The fraction of sp³-hybridized carbons (Fsp3) is 0.933. The molecule has 4 heteroatoms. The van der Waals surface area contributed by atoms with Gasteiger partial charge in [0.05, 0.1) is 11.7 Å². The summed E-state index contributed by atoms with van der Waals surface area (Å²) in [7, 11) is 0. The summed E-state index contributed by atoms with van der Waals surface area (Å²) in [5.74, 6) is 0.270. The summed E-state index contributed by atoms with van der Waals surface area (Å²) in [6, 6.07) is 0.465. The van der Waals surface area contributed by atoms with Crippen LogP contribution in [0.1, 0.15) is 53.4 Å². The maximum Gasteiger partial charge on any atom is 0.243 e. The molecule has 0 saturated carbocycles. The fourth-order valence-electron chi connectivity index (χ4n) is 3.35. The first kappa shape index (κ1) is 14.8. The van der Waals surface area contributed by atoms with E-state index in [9.17, 15) is 4.79 Å². The maximum absolute atomic E-state index is 12.5. The highest BCUT2D eigenvalue weighted by Gasteiger charge is 2.45. The van der Waals surface area contributed by atoms with Crippen molar-refractivity contribution in [1.29, 1.82) is 0 Å². The van der Waals surface area contributed by atoms with E-state index < -0.39 is 0 Å². The summed E-state index contributed by atoms with van der Waals surface area (Å²) in [4.78, 5) is 17.1. The van der Waals surface area contributed by atoms with E-state index in [0.717, 1.165) is 13.0 Å². The SMILES string of the molecule is CCC1(C)NC(C)N(CC(C)N2CCCCC2)C1=O. The average Bonchev–Trinajstić information content (AvgIpc) is 2.64. The lowest BCUT2D eigenvalue weighted by Crippen LogP contribution is -2.48. The molecule has 0 bridgehead atoms. The van der Waals surface area contributed by atoms with Crippen molar-refractivity contribution in [2.24, 2.45) is 0 Å². The number of nitrogens with zero attached hydrogens (tertiary/aromatic N) is 2. The van der Waals surface area contributed by atoms with Crippen molar-refractivity contribution in [1.82, 2.24) is 15.1 Å². The summed E-state index contributed by atoms with van der Waals surface area (Å²) in [6.07, 6.45) is 4.98. The predicted octanol–water partition coefficient (Wildman–Crippen LogP) is 1.81. The highest BCUT2D eigenvalue weighted by molar-refractivity contribution is 5.88. The van der Waals surface area contributed by atoms with E-state index in [-0.39, 0.29) is 17.6 Å². The molecule has 2 fully saturated rings. The van der Waals surface area contributed by atoms with E-state index >= 15 is 0 Å². The van der Waals surface area contributed by atoms with E-state index in [0.29, 0.717) is 6.04 Å². The third-order valence-electron chi connectivity index (χ3n) is 4.91. The van der Waals surface area contributed by atoms with Crippen molar-refractivity contribution in [3.8, 4) is 0 Å². The van der Waals surface area contributed by atoms with Crippen LogP contribution in [-0.2, 0) is 4.79 Å². The quantitative estimate of drug-likeness (QED) is 0.844. The molecule has 1 amide bonds. The number of hydrogen-bond acceptors (Lipinski definition) is 3. The van der Waals surface area contributed by atoms with Crippen molar-refractivity contribution in [3.63, 3.8) is 0 Å². The Kier molecular flexibility index (Phi) is 4.51. The van der Waals surface area contributed by atoms with Gasteiger partial charge in [0.25, 0.3) is 0 Å². The minimum Gasteiger partial charge on any atom is -0.324 e. The summed E-state index contributed by atoms with van der Waals surface area (Å²) < 4.78 is 0. The molecule has 2 rings (SSSR count). The Morgan fingerprint density at radius 1 is 1.37 bits per heavy atom. The number of carbonyl (C=O) groups excluding carboxylic acids is 1. The number of piperidine rings is 1. The molecule has 0 aromatic rings. The third-order valence-corrected chi connectivity index (χ3v) is 4.91. The smallest absolute Gasteiger partial charge is 0.243 e. The standard InChI is InChI=1S/C15H29N3O/c1-5-15(4)14(19)18(13(3)16-15)11-12(2)17-9-7-6-8-10-17/h12-13,16H,5-11H2,1-4H3. The van der Waals surface area contributed by atoms with Crippen molar-refractivity contribution in [3.05, 3.63) is 0 Å². The van der Waals surface area contributed by atoms with Crippen molar-refractivity contribution in [2.45, 2.75) is 71.1 Å². The molecular formula is C15H29N3O. The Hall–Kier alpha value is -0.610. The van der Waals surface area contributed by atoms with Gasteiger partial charge < -0.3 is 4.90 Å². The van der Waals surface area contributed by atoms with Crippen LogP contribution in [0.4, 0.5) is 0 Å². The lowest BCUT2D eigenvalue weighted by atomic mass is 9.99. The first-order valence-electron chi connectivity index (χ1n) is 7.81. The van der Waals surface area contributed by atoms with Gasteiger partial charge in [-0.3, -0.25) is 15.0 Å². The zero-order valence-corrected chi connectivity index (χ0v) is 12.9. The number of carbonyl (C=O) groups is 1. The van der Waals surface area contributed by atoms with Gasteiger partial charge in [-0.15, -0.1) is 0 Å². The van der Waals surface area contributed by atoms with E-state index in [2.05, 4.69) is 31.0 Å². The van der Waals surface area contributed by atoms with E-state index in [1.807, 2.05) is 11.8 Å². The van der Waals surface area contributed by atoms with Gasteiger partial charge in [0.15, 0.2) is 0 Å². The second-order valence-corrected chi connectivity index (χ2v) is 6.41. The Balaban J connectivity index is 1.96. The molecule has 2 aliphatic heterocycles. The topological polar surface area (TPSA) is 35.6 Å². The molecule has 0 aromatic carbocycles. The van der Waals surface area contributed by atoms with E-state index in [1.165, 1.54) is 32.4 Å². The van der Waals surface area contributed by atoms with Gasteiger partial charge in [-0.05, 0) is 53.1 Å². The maximum atomic E-state index is 12.5. The number of rotatable bonds is 4. The average molecular weight is 267 g/mol. The Morgan fingerprint density at radius 2 is 2.00 bits per heavy atom. The van der Waals surface area contributed by atoms with Gasteiger partial charge in [0.1, 0.15) is 0 Å². The number of likely N-dealkylation sites (tertiary alicyclic amines) is 1. The van der Waals surface area contributed by atoms with E-state index in [4.69, 9.17) is 0 Å². The van der Waals surface area contributed by atoms with Gasteiger partial charge in [-0.25, -0.2) is 0 Å². The van der Waals surface area contributed by atoms with Crippen LogP contribution in [0.25, 0.3) is 0 Å². The fourth-order valence-corrected chi connectivity index (χ4v) is 3.35. The van der Waals surface area contributed by atoms with Crippen LogP contribution in [0.3, 0.4) is 0 Å². The monoisotopic (exact) mass is 267 g/mol. The second kappa shape index (κ2) is 5.80. The molecule has 0 aliphatic carbocycles. The van der Waals surface area contributed by atoms with Crippen molar-refractivity contribution in [2.75, 3.05) is 19.6 Å². The van der Waals surface area contributed by atoms with Gasteiger partial charge in [-0.1, -0.05) is 13.3 Å². The molecule has 4 nitrogen and oxygen atoms in total. The summed E-state index contributed by atoms with van der Waals surface area (Å²) in [5, 5.41) is 3.45. The zero-order chi connectivity index (χ0) is 14.0. The van der Waals surface area contributed by atoms with Crippen molar-refractivity contribution < 1.29 is 4.79 Å². The van der Waals surface area contributed by atoms with Gasteiger partial charge in [0, 0.05) is 12.6 Å². The molecule has 110 valence electrons. The number of amides is 1. The summed E-state index contributed by atoms with van der Waals surface area (Å²) >= 11 is 0. The van der Waals surface area contributed by atoms with Crippen LogP contribution in [0, 0.1) is 0 Å². The predicted molar refractivity (Wildman–Crippen MR) is 77.9 cm³/mol. The van der Waals surface area contributed by atoms with Crippen molar-refractivity contribution >= 4 is 5.91 Å². The minimum atomic E-state index is -0.360. The third kappa shape index (κ3) is 2.95. The van der Waals surface area contributed by atoms with Crippen LogP contribution in [0.5, 0.6) is 0 Å². The Labute approximate surface area is 117 Å². The molecule has 0 spiro atoms. The normalized spacial score (nSPS) is 34.8.